The van der Waals surface area contributed by atoms with Gasteiger partial charge in [-0.1, -0.05) is 0 Å². The van der Waals surface area contributed by atoms with Crippen molar-refractivity contribution in [2.45, 2.75) is 64.2 Å². The van der Waals surface area contributed by atoms with Crippen LogP contribution in [-0.4, -0.2) is 28.4 Å². The van der Waals surface area contributed by atoms with Crippen molar-refractivity contribution in [2.75, 3.05) is 6.54 Å². The molecule has 2 aromatic rings. The molecule has 5 rings (SSSR count). The van der Waals surface area contributed by atoms with Crippen LogP contribution in [0.2, 0.25) is 0 Å². The van der Waals surface area contributed by atoms with Crippen LogP contribution in [0.3, 0.4) is 0 Å². The molecule has 0 saturated heterocycles. The first-order valence-electron chi connectivity index (χ1n) is 10.5. The fourth-order valence-corrected chi connectivity index (χ4v) is 5.64. The highest BCUT2D eigenvalue weighted by Gasteiger charge is 2.34. The number of amides is 1. The molecule has 5 nitrogen and oxygen atoms in total. The summed E-state index contributed by atoms with van der Waals surface area (Å²) in [6.45, 7) is 2.79. The van der Waals surface area contributed by atoms with Crippen LogP contribution in [0.15, 0.2) is 6.07 Å². The standard InChI is InChI=1S/C22H27N3O2S/c1-12-8-17(25-24-12)15-6-7-19-16(9-15)21(22(27)23-11-13-2-3-13)20(28-19)10-18(26)14-4-5-14/h8,13-15H,2-7,9-11H2,1H3,(H,23,27)(H,24,25). The monoisotopic (exact) mass is 397 g/mol. The molecule has 2 N–H and O–H groups in total. The molecule has 0 bridgehead atoms. The quantitative estimate of drug-likeness (QED) is 0.748. The Morgan fingerprint density at radius 3 is 2.75 bits per heavy atom. The number of aryl methyl sites for hydroxylation is 2. The molecule has 2 heterocycles. The Labute approximate surface area is 169 Å². The van der Waals surface area contributed by atoms with Gasteiger partial charge in [0, 0.05) is 40.2 Å². The van der Waals surface area contributed by atoms with Gasteiger partial charge in [-0.05, 0) is 69.4 Å². The first-order valence-corrected chi connectivity index (χ1v) is 11.4. The lowest BCUT2D eigenvalue weighted by molar-refractivity contribution is -0.119. The number of fused-ring (bicyclic) bond motifs is 1. The van der Waals surface area contributed by atoms with Crippen molar-refractivity contribution in [3.8, 4) is 0 Å². The van der Waals surface area contributed by atoms with Crippen molar-refractivity contribution in [1.29, 1.82) is 0 Å². The molecule has 1 amide bonds. The zero-order valence-electron chi connectivity index (χ0n) is 16.3. The molecule has 28 heavy (non-hydrogen) atoms. The highest BCUT2D eigenvalue weighted by Crippen LogP contribution is 2.41. The van der Waals surface area contributed by atoms with Crippen LogP contribution in [0.5, 0.6) is 0 Å². The smallest absolute Gasteiger partial charge is 0.252 e. The van der Waals surface area contributed by atoms with Gasteiger partial charge in [0.05, 0.1) is 11.3 Å². The number of nitrogens with one attached hydrogen (secondary N) is 2. The average Bonchev–Trinajstić information content (AvgIpc) is 3.60. The summed E-state index contributed by atoms with van der Waals surface area (Å²) in [5.74, 6) is 1.57. The Bertz CT molecular complexity index is 920. The molecule has 0 radical (unpaired) electrons. The highest BCUT2D eigenvalue weighted by atomic mass is 32.1. The third-order valence-electron chi connectivity index (χ3n) is 6.32. The Morgan fingerprint density at radius 2 is 2.07 bits per heavy atom. The zero-order valence-corrected chi connectivity index (χ0v) is 17.2. The summed E-state index contributed by atoms with van der Waals surface area (Å²) in [4.78, 5) is 27.9. The van der Waals surface area contributed by atoms with Gasteiger partial charge in [-0.2, -0.15) is 5.10 Å². The van der Waals surface area contributed by atoms with Crippen LogP contribution in [0, 0.1) is 18.8 Å². The number of thiophene rings is 1. The number of rotatable bonds is 7. The second kappa shape index (κ2) is 7.14. The van der Waals surface area contributed by atoms with Gasteiger partial charge in [0.2, 0.25) is 0 Å². The minimum atomic E-state index is 0.0295. The summed E-state index contributed by atoms with van der Waals surface area (Å²) in [5, 5.41) is 10.7. The summed E-state index contributed by atoms with van der Waals surface area (Å²) in [5.41, 5.74) is 4.15. The van der Waals surface area contributed by atoms with Gasteiger partial charge in [0.15, 0.2) is 0 Å². The Balaban J connectivity index is 1.43. The van der Waals surface area contributed by atoms with Gasteiger partial charge >= 0.3 is 0 Å². The number of ketones is 1. The summed E-state index contributed by atoms with van der Waals surface area (Å²) < 4.78 is 0. The largest absolute Gasteiger partial charge is 0.352 e. The zero-order chi connectivity index (χ0) is 19.3. The first-order chi connectivity index (χ1) is 13.6. The molecule has 1 unspecified atom stereocenters. The van der Waals surface area contributed by atoms with E-state index in [1.54, 1.807) is 11.3 Å². The number of H-pyrrole nitrogens is 1. The minimum absolute atomic E-state index is 0.0295. The van der Waals surface area contributed by atoms with Crippen molar-refractivity contribution in [3.05, 3.63) is 38.3 Å². The summed E-state index contributed by atoms with van der Waals surface area (Å²) in [6.07, 6.45) is 7.78. The van der Waals surface area contributed by atoms with E-state index in [0.29, 0.717) is 24.0 Å². The second-order valence-corrected chi connectivity index (χ2v) is 9.98. The van der Waals surface area contributed by atoms with Crippen molar-refractivity contribution < 1.29 is 9.59 Å². The minimum Gasteiger partial charge on any atom is -0.352 e. The molecular formula is C22H27N3O2S. The van der Waals surface area contributed by atoms with Crippen LogP contribution < -0.4 is 5.32 Å². The lowest BCUT2D eigenvalue weighted by atomic mass is 9.83. The van der Waals surface area contributed by atoms with Crippen molar-refractivity contribution >= 4 is 23.0 Å². The average molecular weight is 398 g/mol. The predicted molar refractivity (Wildman–Crippen MR) is 109 cm³/mol. The van der Waals surface area contributed by atoms with Crippen LogP contribution >= 0.6 is 11.3 Å². The molecule has 0 spiro atoms. The number of hydrogen-bond donors (Lipinski definition) is 2. The van der Waals surface area contributed by atoms with E-state index in [1.165, 1.54) is 23.3 Å². The fourth-order valence-electron chi connectivity index (χ4n) is 4.28. The molecule has 2 aromatic heterocycles. The van der Waals surface area contributed by atoms with Gasteiger partial charge in [-0.25, -0.2) is 0 Å². The molecule has 6 heteroatoms. The van der Waals surface area contributed by atoms with E-state index >= 15 is 0 Å². The maximum atomic E-state index is 13.1. The van der Waals surface area contributed by atoms with Gasteiger partial charge < -0.3 is 5.32 Å². The molecule has 0 aromatic carbocycles. The summed E-state index contributed by atoms with van der Waals surface area (Å²) in [7, 11) is 0. The maximum Gasteiger partial charge on any atom is 0.252 e. The number of aromatic nitrogens is 2. The number of aromatic amines is 1. The van der Waals surface area contributed by atoms with Gasteiger partial charge in [-0.3, -0.25) is 14.7 Å². The second-order valence-electron chi connectivity index (χ2n) is 8.79. The van der Waals surface area contributed by atoms with Gasteiger partial charge in [-0.15, -0.1) is 11.3 Å². The lowest BCUT2D eigenvalue weighted by Gasteiger charge is -2.21. The topological polar surface area (TPSA) is 74.8 Å². The summed E-state index contributed by atoms with van der Waals surface area (Å²) in [6, 6.07) is 2.12. The molecule has 1 atom stereocenters. The van der Waals surface area contributed by atoms with Crippen molar-refractivity contribution in [3.63, 3.8) is 0 Å². The highest BCUT2D eigenvalue weighted by molar-refractivity contribution is 7.12. The van der Waals surface area contributed by atoms with Crippen LogP contribution in [0.4, 0.5) is 0 Å². The predicted octanol–water partition coefficient (Wildman–Crippen LogP) is 3.71. The van der Waals surface area contributed by atoms with Crippen LogP contribution in [-0.2, 0) is 24.1 Å². The molecular weight excluding hydrogens is 370 g/mol. The third kappa shape index (κ3) is 3.66. The molecule has 2 fully saturated rings. The van der Waals surface area contributed by atoms with E-state index in [-0.39, 0.29) is 11.8 Å². The summed E-state index contributed by atoms with van der Waals surface area (Å²) >= 11 is 1.71. The molecule has 148 valence electrons. The van der Waals surface area contributed by atoms with Crippen LogP contribution in [0.1, 0.15) is 75.1 Å². The molecule has 3 aliphatic carbocycles. The Kier molecular flexibility index (Phi) is 4.62. The van der Waals surface area contributed by atoms with Gasteiger partial charge in [0.1, 0.15) is 5.78 Å². The molecule has 3 aliphatic rings. The third-order valence-corrected chi connectivity index (χ3v) is 7.61. The van der Waals surface area contributed by atoms with Gasteiger partial charge in [0.25, 0.3) is 5.91 Å². The van der Waals surface area contributed by atoms with Crippen molar-refractivity contribution in [2.24, 2.45) is 11.8 Å². The number of carbonyl (C=O) groups excluding carboxylic acids is 2. The lowest BCUT2D eigenvalue weighted by Crippen LogP contribution is -2.28. The van der Waals surface area contributed by atoms with E-state index < -0.39 is 0 Å². The van der Waals surface area contributed by atoms with E-state index in [2.05, 4.69) is 21.6 Å². The SMILES string of the molecule is Cc1cc(C2CCc3sc(CC(=O)C4CC4)c(C(=O)NCC4CC4)c3C2)n[nH]1. The number of nitrogens with zero attached hydrogens (tertiary/aromatic N) is 1. The van der Waals surface area contributed by atoms with Crippen LogP contribution in [0.25, 0.3) is 0 Å². The molecule has 2 saturated carbocycles. The number of carbonyl (C=O) groups is 2. The Morgan fingerprint density at radius 1 is 1.25 bits per heavy atom. The normalized spacial score (nSPS) is 21.4. The van der Waals surface area contributed by atoms with E-state index in [1.807, 2.05) is 6.92 Å². The first kappa shape index (κ1) is 18.1. The maximum absolute atomic E-state index is 13.1. The Hall–Kier alpha value is -1.95. The van der Waals surface area contributed by atoms with E-state index in [0.717, 1.165) is 60.5 Å². The van der Waals surface area contributed by atoms with E-state index in [4.69, 9.17) is 0 Å². The number of hydrogen-bond acceptors (Lipinski definition) is 4. The fraction of sp³-hybridized carbons (Fsp3) is 0.591. The van der Waals surface area contributed by atoms with Crippen molar-refractivity contribution in [1.82, 2.24) is 15.5 Å². The number of Topliss-reactive ketones (excluding diaryl/α,β-unsaturated/α-hetero) is 1. The van der Waals surface area contributed by atoms with E-state index in [9.17, 15) is 9.59 Å². The molecule has 0 aliphatic heterocycles.